The van der Waals surface area contributed by atoms with Crippen LogP contribution in [0.3, 0.4) is 0 Å². The third-order valence-corrected chi connectivity index (χ3v) is 8.46. The normalized spacial score (nSPS) is 16.7. The summed E-state index contributed by atoms with van der Waals surface area (Å²) < 4.78 is 0. The highest BCUT2D eigenvalue weighted by Crippen LogP contribution is 2.58. The van der Waals surface area contributed by atoms with Gasteiger partial charge in [0.05, 0.1) is 0 Å². The minimum atomic E-state index is -0.0107. The molecule has 0 radical (unpaired) electrons. The summed E-state index contributed by atoms with van der Waals surface area (Å²) in [6.45, 7) is 9.57. The molecular weight excluding hydrogens is 386 g/mol. The highest BCUT2D eigenvalue weighted by atomic mass is 15.2. The summed E-state index contributed by atoms with van der Waals surface area (Å²) in [7, 11) is 2.25. The average Bonchev–Trinajstić information content (AvgIpc) is 2.94. The van der Waals surface area contributed by atoms with Crippen molar-refractivity contribution in [1.29, 1.82) is 0 Å². The molecule has 158 valence electrons. The molecule has 0 amide bonds. The molecule has 32 heavy (non-hydrogen) atoms. The maximum absolute atomic E-state index is 2.48. The molecule has 1 nitrogen and oxygen atoms in total. The number of likely N-dealkylation sites (N-methyl/N-ethyl adjacent to an activating group) is 1. The van der Waals surface area contributed by atoms with Crippen molar-refractivity contribution in [1.82, 2.24) is 0 Å². The Labute approximate surface area is 191 Å². The molecule has 0 fully saturated rings. The second-order valence-electron chi connectivity index (χ2n) is 10.3. The van der Waals surface area contributed by atoms with Crippen LogP contribution in [0.25, 0.3) is 44.5 Å². The first-order valence-electron chi connectivity index (χ1n) is 11.5. The Kier molecular flexibility index (Phi) is 3.85. The largest absolute Gasteiger partial charge is 0.368 e. The molecular formula is C31H29N. The number of hydrogen-bond donors (Lipinski definition) is 0. The zero-order chi connectivity index (χ0) is 22.3. The van der Waals surface area contributed by atoms with E-state index >= 15 is 0 Å². The minimum Gasteiger partial charge on any atom is -0.368 e. The van der Waals surface area contributed by atoms with E-state index in [9.17, 15) is 0 Å². The van der Waals surface area contributed by atoms with Gasteiger partial charge in [0.25, 0.3) is 0 Å². The predicted molar refractivity (Wildman–Crippen MR) is 137 cm³/mol. The van der Waals surface area contributed by atoms with Crippen LogP contribution in [-0.4, -0.2) is 12.6 Å². The van der Waals surface area contributed by atoms with Gasteiger partial charge in [0, 0.05) is 23.7 Å². The molecule has 0 N–H and O–H groups in total. The molecule has 1 heteroatoms. The number of anilines is 1. The molecule has 0 bridgehead atoms. The summed E-state index contributed by atoms with van der Waals surface area (Å²) in [6.07, 6.45) is 0. The van der Waals surface area contributed by atoms with Gasteiger partial charge < -0.3 is 4.90 Å². The van der Waals surface area contributed by atoms with E-state index in [1.54, 1.807) is 0 Å². The monoisotopic (exact) mass is 415 g/mol. The first kappa shape index (κ1) is 19.4. The Bertz CT molecular complexity index is 1380. The van der Waals surface area contributed by atoms with Gasteiger partial charge in [-0.2, -0.15) is 0 Å². The van der Waals surface area contributed by atoms with Crippen LogP contribution < -0.4 is 4.90 Å². The molecule has 4 aromatic rings. The van der Waals surface area contributed by atoms with Gasteiger partial charge in [0.2, 0.25) is 0 Å². The van der Waals surface area contributed by atoms with Gasteiger partial charge >= 0.3 is 0 Å². The van der Waals surface area contributed by atoms with Gasteiger partial charge in [-0.1, -0.05) is 92.7 Å². The Hall–Kier alpha value is -3.32. The Morgan fingerprint density at radius 1 is 0.500 bits per heavy atom. The van der Waals surface area contributed by atoms with Gasteiger partial charge in [0.15, 0.2) is 0 Å². The van der Waals surface area contributed by atoms with Crippen molar-refractivity contribution in [2.24, 2.45) is 0 Å². The molecule has 1 aliphatic heterocycles. The summed E-state index contributed by atoms with van der Waals surface area (Å²) in [6, 6.07) is 31.5. The lowest BCUT2D eigenvalue weighted by molar-refractivity contribution is 0.323. The minimum absolute atomic E-state index is 0.0107. The van der Waals surface area contributed by atoms with Crippen molar-refractivity contribution in [2.75, 3.05) is 11.9 Å². The van der Waals surface area contributed by atoms with Crippen molar-refractivity contribution in [3.63, 3.8) is 0 Å². The molecule has 1 heterocycles. The molecule has 0 unspecified atom stereocenters. The fourth-order valence-electron chi connectivity index (χ4n) is 5.88. The quantitative estimate of drug-likeness (QED) is 0.246. The number of nitrogens with zero attached hydrogens (tertiary/aromatic N) is 1. The second kappa shape index (κ2) is 6.36. The van der Waals surface area contributed by atoms with Crippen LogP contribution in [0.1, 0.15) is 33.3 Å². The second-order valence-corrected chi connectivity index (χ2v) is 10.3. The molecule has 0 saturated carbocycles. The summed E-state index contributed by atoms with van der Waals surface area (Å²) in [5.74, 6) is 0. The van der Waals surface area contributed by atoms with E-state index in [-0.39, 0.29) is 11.0 Å². The summed E-state index contributed by atoms with van der Waals surface area (Å²) in [4.78, 5) is 2.48. The Morgan fingerprint density at radius 2 is 0.906 bits per heavy atom. The third-order valence-electron chi connectivity index (χ3n) is 8.46. The number of benzene rings is 4. The number of rotatable bonds is 0. The van der Waals surface area contributed by atoms with Crippen molar-refractivity contribution < 1.29 is 0 Å². The van der Waals surface area contributed by atoms with E-state index in [1.165, 1.54) is 55.8 Å². The van der Waals surface area contributed by atoms with Crippen LogP contribution in [-0.2, 0) is 5.41 Å². The van der Waals surface area contributed by atoms with Crippen LogP contribution in [0.5, 0.6) is 0 Å². The molecule has 1 aliphatic carbocycles. The van der Waals surface area contributed by atoms with Gasteiger partial charge in [-0.15, -0.1) is 0 Å². The topological polar surface area (TPSA) is 3.24 Å². The van der Waals surface area contributed by atoms with Crippen molar-refractivity contribution in [3.05, 3.63) is 90.5 Å². The molecule has 4 aromatic carbocycles. The van der Waals surface area contributed by atoms with Crippen LogP contribution >= 0.6 is 0 Å². The van der Waals surface area contributed by atoms with E-state index in [0.717, 1.165) is 0 Å². The zero-order valence-corrected chi connectivity index (χ0v) is 19.5. The molecule has 2 aliphatic rings. The summed E-state index contributed by atoms with van der Waals surface area (Å²) >= 11 is 0. The highest BCUT2D eigenvalue weighted by molar-refractivity contribution is 6.05. The van der Waals surface area contributed by atoms with Gasteiger partial charge in [-0.05, 0) is 70.0 Å². The molecule has 0 spiro atoms. The fourth-order valence-corrected chi connectivity index (χ4v) is 5.88. The third kappa shape index (κ3) is 2.29. The molecule has 0 aromatic heterocycles. The van der Waals surface area contributed by atoms with Crippen LogP contribution in [0.15, 0.2) is 84.9 Å². The summed E-state index contributed by atoms with van der Waals surface area (Å²) in [5.41, 5.74) is 13.4. The molecule has 6 rings (SSSR count). The Balaban J connectivity index is 1.84. The van der Waals surface area contributed by atoms with Crippen LogP contribution in [0, 0.1) is 0 Å². The molecule has 0 saturated heterocycles. The summed E-state index contributed by atoms with van der Waals surface area (Å²) in [5, 5.41) is 0. The lowest BCUT2D eigenvalue weighted by atomic mass is 9.68. The molecule has 0 atom stereocenters. The maximum Gasteiger partial charge on any atom is 0.0435 e. The smallest absolute Gasteiger partial charge is 0.0435 e. The standard InChI is InChI=1S/C31H29N/c1-30(2)29-27(32(5)31(30,3)4)19-18-26-24-16-9-8-14-22(24)20-12-6-7-13-21(20)23-15-10-11-17-25(23)28(26)29/h6-19H,1-5H3. The first-order valence-corrected chi connectivity index (χ1v) is 11.5. The lowest BCUT2D eigenvalue weighted by Crippen LogP contribution is -2.49. The van der Waals surface area contributed by atoms with Gasteiger partial charge in [-0.3, -0.25) is 0 Å². The first-order chi connectivity index (χ1) is 15.3. The van der Waals surface area contributed by atoms with E-state index in [4.69, 9.17) is 0 Å². The fraction of sp³-hybridized carbons (Fsp3) is 0.226. The van der Waals surface area contributed by atoms with Crippen LogP contribution in [0.2, 0.25) is 0 Å². The van der Waals surface area contributed by atoms with E-state index < -0.39 is 0 Å². The lowest BCUT2D eigenvalue weighted by Gasteiger charge is -2.41. The maximum atomic E-state index is 2.48. The number of fused-ring (bicyclic) bond motifs is 10. The van der Waals surface area contributed by atoms with E-state index in [1.807, 2.05) is 0 Å². The Morgan fingerprint density at radius 3 is 1.41 bits per heavy atom. The van der Waals surface area contributed by atoms with Crippen molar-refractivity contribution in [2.45, 2.75) is 38.6 Å². The van der Waals surface area contributed by atoms with Crippen molar-refractivity contribution in [3.8, 4) is 44.5 Å². The van der Waals surface area contributed by atoms with E-state index in [2.05, 4.69) is 125 Å². The SMILES string of the molecule is CN1c2ccc3c(c2C(C)(C)C1(C)C)-c1ccccc1-c1ccccc1-c1ccccc1-3. The zero-order valence-electron chi connectivity index (χ0n) is 19.5. The van der Waals surface area contributed by atoms with Gasteiger partial charge in [0.1, 0.15) is 0 Å². The van der Waals surface area contributed by atoms with Crippen molar-refractivity contribution >= 4 is 5.69 Å². The average molecular weight is 416 g/mol. The van der Waals surface area contributed by atoms with Gasteiger partial charge in [-0.25, -0.2) is 0 Å². The number of hydrogen-bond acceptors (Lipinski definition) is 1. The van der Waals surface area contributed by atoms with E-state index in [0.29, 0.717) is 0 Å². The predicted octanol–water partition coefficient (Wildman–Crippen LogP) is 8.17. The van der Waals surface area contributed by atoms with Crippen LogP contribution in [0.4, 0.5) is 5.69 Å². The highest BCUT2D eigenvalue weighted by Gasteiger charge is 2.51.